The highest BCUT2D eigenvalue weighted by molar-refractivity contribution is 5.84. The number of phenols is 1. The van der Waals surface area contributed by atoms with E-state index in [0.29, 0.717) is 16.6 Å². The van der Waals surface area contributed by atoms with Gasteiger partial charge >= 0.3 is 5.69 Å². The fourth-order valence-electron chi connectivity index (χ4n) is 2.28. The largest absolute Gasteiger partial charge is 0.502 e. The molecule has 0 aliphatic rings. The molecule has 8 heteroatoms. The van der Waals surface area contributed by atoms with Crippen molar-refractivity contribution in [3.05, 3.63) is 68.9 Å². The number of fused-ring (bicyclic) bond motifs is 1. The Labute approximate surface area is 123 Å². The summed E-state index contributed by atoms with van der Waals surface area (Å²) in [6.07, 6.45) is 1.68. The molecule has 0 amide bonds. The Morgan fingerprint density at radius 3 is 2.36 bits per heavy atom. The van der Waals surface area contributed by atoms with Gasteiger partial charge in [0.05, 0.1) is 15.4 Å². The molecule has 0 bridgehead atoms. The second-order valence-electron chi connectivity index (χ2n) is 4.62. The second kappa shape index (κ2) is 4.85. The molecule has 1 aromatic heterocycles. The molecule has 3 aromatic rings. The Balaban J connectivity index is 2.13. The van der Waals surface area contributed by atoms with Crippen molar-refractivity contribution in [3.8, 4) is 11.4 Å². The first-order chi connectivity index (χ1) is 10.5. The van der Waals surface area contributed by atoms with Crippen LogP contribution >= 0.6 is 0 Å². The highest BCUT2D eigenvalue weighted by Gasteiger charge is 2.15. The summed E-state index contributed by atoms with van der Waals surface area (Å²) < 4.78 is 1.68. The minimum atomic E-state index is -0.670. The maximum atomic E-state index is 10.8. The lowest BCUT2D eigenvalue weighted by Crippen LogP contribution is -1.94. The molecule has 0 atom stereocenters. The molecule has 0 aliphatic heterocycles. The number of nitrogens with zero attached hydrogens (tertiary/aromatic N) is 3. The lowest BCUT2D eigenvalue weighted by Gasteiger charge is -2.06. The summed E-state index contributed by atoms with van der Waals surface area (Å²) in [5, 5.41) is 31.8. The molecular formula is C14H9N3O5. The van der Waals surface area contributed by atoms with E-state index in [2.05, 4.69) is 0 Å². The van der Waals surface area contributed by atoms with E-state index in [9.17, 15) is 25.3 Å². The third kappa shape index (κ3) is 2.12. The van der Waals surface area contributed by atoms with Gasteiger partial charge in [-0.3, -0.25) is 20.2 Å². The molecule has 0 spiro atoms. The van der Waals surface area contributed by atoms with Gasteiger partial charge in [-0.15, -0.1) is 0 Å². The van der Waals surface area contributed by atoms with Crippen molar-refractivity contribution in [2.45, 2.75) is 0 Å². The summed E-state index contributed by atoms with van der Waals surface area (Å²) in [7, 11) is 0. The average molecular weight is 299 g/mol. The molecule has 0 saturated heterocycles. The van der Waals surface area contributed by atoms with Crippen molar-refractivity contribution in [3.63, 3.8) is 0 Å². The van der Waals surface area contributed by atoms with Crippen LogP contribution in [0.15, 0.2) is 48.7 Å². The van der Waals surface area contributed by atoms with E-state index in [1.807, 2.05) is 0 Å². The Kier molecular flexibility index (Phi) is 2.99. The van der Waals surface area contributed by atoms with Crippen LogP contribution in [0.5, 0.6) is 5.75 Å². The zero-order valence-corrected chi connectivity index (χ0v) is 11.0. The maximum Gasteiger partial charge on any atom is 0.310 e. The zero-order valence-electron chi connectivity index (χ0n) is 11.0. The standard InChI is InChI=1S/C14H9N3O5/c18-14-8-10(1-4-13(14)17(21)22)15-6-5-9-7-11(16(19)20)2-3-12(9)15/h1-8,18H. The van der Waals surface area contributed by atoms with Gasteiger partial charge in [0.2, 0.25) is 0 Å². The van der Waals surface area contributed by atoms with E-state index in [1.165, 1.54) is 30.3 Å². The van der Waals surface area contributed by atoms with Crippen molar-refractivity contribution >= 4 is 22.3 Å². The van der Waals surface area contributed by atoms with Gasteiger partial charge in [0, 0.05) is 41.5 Å². The van der Waals surface area contributed by atoms with Gasteiger partial charge in [0.25, 0.3) is 5.69 Å². The smallest absolute Gasteiger partial charge is 0.310 e. The number of non-ortho nitro benzene ring substituents is 1. The van der Waals surface area contributed by atoms with Crippen LogP contribution in [0.25, 0.3) is 16.6 Å². The molecule has 2 aromatic carbocycles. The molecule has 1 N–H and O–H groups in total. The van der Waals surface area contributed by atoms with Gasteiger partial charge in [-0.05, 0) is 18.2 Å². The van der Waals surface area contributed by atoms with Gasteiger partial charge in [-0.1, -0.05) is 0 Å². The van der Waals surface area contributed by atoms with Crippen LogP contribution in [0.3, 0.4) is 0 Å². The van der Waals surface area contributed by atoms with E-state index < -0.39 is 15.6 Å². The SMILES string of the molecule is O=[N+]([O-])c1ccc2c(ccn2-c2ccc([N+](=O)[O-])c(O)c2)c1. The Bertz CT molecular complexity index is 916. The van der Waals surface area contributed by atoms with Crippen LogP contribution in [-0.2, 0) is 0 Å². The van der Waals surface area contributed by atoms with E-state index in [4.69, 9.17) is 0 Å². The lowest BCUT2D eigenvalue weighted by molar-refractivity contribution is -0.385. The van der Waals surface area contributed by atoms with Crippen molar-refractivity contribution in [2.24, 2.45) is 0 Å². The average Bonchev–Trinajstić information content (AvgIpc) is 2.89. The number of aromatic hydroxyl groups is 1. The minimum Gasteiger partial charge on any atom is -0.502 e. The van der Waals surface area contributed by atoms with Gasteiger partial charge in [-0.25, -0.2) is 0 Å². The summed E-state index contributed by atoms with van der Waals surface area (Å²) in [5.74, 6) is -0.439. The van der Waals surface area contributed by atoms with Crippen LogP contribution in [-0.4, -0.2) is 19.5 Å². The van der Waals surface area contributed by atoms with Crippen LogP contribution in [0, 0.1) is 20.2 Å². The third-order valence-electron chi connectivity index (χ3n) is 3.32. The molecule has 0 radical (unpaired) electrons. The highest BCUT2D eigenvalue weighted by atomic mass is 16.6. The molecule has 1 heterocycles. The summed E-state index contributed by atoms with van der Waals surface area (Å²) in [4.78, 5) is 20.3. The fourth-order valence-corrected chi connectivity index (χ4v) is 2.28. The molecule has 0 fully saturated rings. The van der Waals surface area contributed by atoms with Gasteiger partial charge in [0.15, 0.2) is 5.75 Å². The first-order valence-electron chi connectivity index (χ1n) is 6.20. The molecule has 0 unspecified atom stereocenters. The molecule has 8 nitrogen and oxygen atoms in total. The van der Waals surface area contributed by atoms with E-state index in [-0.39, 0.29) is 11.4 Å². The van der Waals surface area contributed by atoms with E-state index >= 15 is 0 Å². The van der Waals surface area contributed by atoms with Crippen molar-refractivity contribution in [1.82, 2.24) is 4.57 Å². The number of rotatable bonds is 3. The number of hydrogen-bond acceptors (Lipinski definition) is 5. The predicted molar refractivity (Wildman–Crippen MR) is 78.2 cm³/mol. The Morgan fingerprint density at radius 2 is 1.73 bits per heavy atom. The second-order valence-corrected chi connectivity index (χ2v) is 4.62. The first-order valence-corrected chi connectivity index (χ1v) is 6.20. The van der Waals surface area contributed by atoms with Crippen LogP contribution in [0.4, 0.5) is 11.4 Å². The minimum absolute atomic E-state index is 0.0169. The van der Waals surface area contributed by atoms with Crippen molar-refractivity contribution in [1.29, 1.82) is 0 Å². The highest BCUT2D eigenvalue weighted by Crippen LogP contribution is 2.30. The number of nitro groups is 2. The maximum absolute atomic E-state index is 10.8. The summed E-state index contributed by atoms with van der Waals surface area (Å²) in [5.41, 5.74) is 0.818. The summed E-state index contributed by atoms with van der Waals surface area (Å²) >= 11 is 0. The molecule has 22 heavy (non-hydrogen) atoms. The van der Waals surface area contributed by atoms with Crippen molar-refractivity contribution < 1.29 is 15.0 Å². The molecule has 0 saturated carbocycles. The first kappa shape index (κ1) is 13.6. The van der Waals surface area contributed by atoms with Gasteiger partial charge in [-0.2, -0.15) is 0 Å². The number of nitro benzene ring substituents is 2. The summed E-state index contributed by atoms with van der Waals surface area (Å²) in [6, 6.07) is 10.1. The number of phenolic OH excluding ortho intramolecular Hbond substituents is 1. The molecule has 3 rings (SSSR count). The zero-order chi connectivity index (χ0) is 15.9. The number of benzene rings is 2. The monoisotopic (exact) mass is 299 g/mol. The lowest BCUT2D eigenvalue weighted by atomic mass is 10.2. The van der Waals surface area contributed by atoms with Crippen molar-refractivity contribution in [2.75, 3.05) is 0 Å². The molecular weight excluding hydrogens is 290 g/mol. The van der Waals surface area contributed by atoms with E-state index in [0.717, 1.165) is 0 Å². The number of aromatic nitrogens is 1. The predicted octanol–water partition coefficient (Wildman–Crippen LogP) is 3.15. The number of hydrogen-bond donors (Lipinski definition) is 1. The summed E-state index contributed by atoms with van der Waals surface area (Å²) in [6.45, 7) is 0. The van der Waals surface area contributed by atoms with E-state index in [1.54, 1.807) is 22.9 Å². The quantitative estimate of drug-likeness (QED) is 0.589. The topological polar surface area (TPSA) is 111 Å². The Hall–Kier alpha value is -3.42. The van der Waals surface area contributed by atoms with Crippen LogP contribution in [0.2, 0.25) is 0 Å². The molecule has 110 valence electrons. The van der Waals surface area contributed by atoms with Crippen LogP contribution in [0.1, 0.15) is 0 Å². The van der Waals surface area contributed by atoms with Gasteiger partial charge < -0.3 is 9.67 Å². The third-order valence-corrected chi connectivity index (χ3v) is 3.32. The van der Waals surface area contributed by atoms with Crippen LogP contribution < -0.4 is 0 Å². The van der Waals surface area contributed by atoms with Gasteiger partial charge in [0.1, 0.15) is 0 Å². The Morgan fingerprint density at radius 1 is 0.955 bits per heavy atom. The molecule has 0 aliphatic carbocycles. The normalized spacial score (nSPS) is 10.7. The fraction of sp³-hybridized carbons (Fsp3) is 0.